The zero-order valence-electron chi connectivity index (χ0n) is 11.3. The number of amides is 1. The highest BCUT2D eigenvalue weighted by Gasteiger charge is 2.44. The quantitative estimate of drug-likeness (QED) is 0.906. The summed E-state index contributed by atoms with van der Waals surface area (Å²) < 4.78 is 18.5. The maximum atomic E-state index is 13.7. The molecule has 0 aliphatic heterocycles. The summed E-state index contributed by atoms with van der Waals surface area (Å²) in [7, 11) is 3.06. The van der Waals surface area contributed by atoms with E-state index >= 15 is 0 Å². The number of halogens is 1. The standard InChI is InChI=1S/C14H19FN2O2/c1-17(13(18)14(9-16)6-3-7-14)10-4-5-12(19-2)11(15)8-10/h4-5,8H,3,6-7,9,16H2,1-2H3. The largest absolute Gasteiger partial charge is 0.494 e. The average molecular weight is 266 g/mol. The van der Waals surface area contributed by atoms with Crippen molar-refractivity contribution in [3.05, 3.63) is 24.0 Å². The summed E-state index contributed by atoms with van der Waals surface area (Å²) in [6.45, 7) is 0.342. The molecule has 1 aromatic carbocycles. The topological polar surface area (TPSA) is 55.6 Å². The summed E-state index contributed by atoms with van der Waals surface area (Å²) in [6.07, 6.45) is 2.64. The van der Waals surface area contributed by atoms with Crippen molar-refractivity contribution in [3.8, 4) is 5.75 Å². The number of carbonyl (C=O) groups excluding carboxylic acids is 1. The molecule has 0 bridgehead atoms. The van der Waals surface area contributed by atoms with Crippen molar-refractivity contribution < 1.29 is 13.9 Å². The lowest BCUT2D eigenvalue weighted by atomic mass is 9.68. The van der Waals surface area contributed by atoms with Crippen molar-refractivity contribution in [1.29, 1.82) is 0 Å². The number of hydrogen-bond acceptors (Lipinski definition) is 3. The lowest BCUT2D eigenvalue weighted by molar-refractivity contribution is -0.131. The van der Waals surface area contributed by atoms with Gasteiger partial charge in [-0.05, 0) is 25.0 Å². The van der Waals surface area contributed by atoms with E-state index in [1.54, 1.807) is 13.1 Å². The Morgan fingerprint density at radius 1 is 1.53 bits per heavy atom. The first-order valence-electron chi connectivity index (χ1n) is 6.36. The van der Waals surface area contributed by atoms with E-state index in [0.29, 0.717) is 12.2 Å². The number of anilines is 1. The SMILES string of the molecule is COc1ccc(N(C)C(=O)C2(CN)CCC2)cc1F. The van der Waals surface area contributed by atoms with E-state index in [0.717, 1.165) is 19.3 Å². The van der Waals surface area contributed by atoms with Crippen molar-refractivity contribution in [2.45, 2.75) is 19.3 Å². The highest BCUT2D eigenvalue weighted by Crippen LogP contribution is 2.42. The Labute approximate surface area is 112 Å². The summed E-state index contributed by atoms with van der Waals surface area (Å²) in [5, 5.41) is 0. The van der Waals surface area contributed by atoms with Gasteiger partial charge in [-0.1, -0.05) is 6.42 Å². The summed E-state index contributed by atoms with van der Waals surface area (Å²) >= 11 is 0. The highest BCUT2D eigenvalue weighted by molar-refractivity contribution is 5.98. The highest BCUT2D eigenvalue weighted by atomic mass is 19.1. The van der Waals surface area contributed by atoms with Crippen LogP contribution in [0.2, 0.25) is 0 Å². The van der Waals surface area contributed by atoms with Gasteiger partial charge in [-0.15, -0.1) is 0 Å². The number of benzene rings is 1. The Morgan fingerprint density at radius 2 is 2.21 bits per heavy atom. The number of nitrogens with two attached hydrogens (primary N) is 1. The van der Waals surface area contributed by atoms with E-state index in [-0.39, 0.29) is 11.7 Å². The smallest absolute Gasteiger partial charge is 0.234 e. The average Bonchev–Trinajstić information content (AvgIpc) is 2.37. The van der Waals surface area contributed by atoms with Gasteiger partial charge in [-0.25, -0.2) is 4.39 Å². The molecule has 1 aromatic rings. The van der Waals surface area contributed by atoms with Crippen LogP contribution in [0.4, 0.5) is 10.1 Å². The molecule has 1 fully saturated rings. The van der Waals surface area contributed by atoms with Crippen LogP contribution in [0.5, 0.6) is 5.75 Å². The first kappa shape index (κ1) is 13.8. The minimum Gasteiger partial charge on any atom is -0.494 e. The van der Waals surface area contributed by atoms with Crippen LogP contribution in [-0.2, 0) is 4.79 Å². The van der Waals surface area contributed by atoms with Crippen molar-refractivity contribution >= 4 is 11.6 Å². The number of methoxy groups -OCH3 is 1. The van der Waals surface area contributed by atoms with Crippen LogP contribution in [0.1, 0.15) is 19.3 Å². The third-order valence-electron chi connectivity index (χ3n) is 3.98. The molecule has 2 N–H and O–H groups in total. The van der Waals surface area contributed by atoms with Gasteiger partial charge in [0.2, 0.25) is 5.91 Å². The molecule has 104 valence electrons. The monoisotopic (exact) mass is 266 g/mol. The van der Waals surface area contributed by atoms with Gasteiger partial charge in [0.1, 0.15) is 0 Å². The zero-order chi connectivity index (χ0) is 14.0. The zero-order valence-corrected chi connectivity index (χ0v) is 11.3. The molecule has 0 saturated heterocycles. The molecule has 19 heavy (non-hydrogen) atoms. The van der Waals surface area contributed by atoms with Gasteiger partial charge in [0.15, 0.2) is 11.6 Å². The predicted molar refractivity (Wildman–Crippen MR) is 71.7 cm³/mol. The van der Waals surface area contributed by atoms with E-state index in [4.69, 9.17) is 10.5 Å². The van der Waals surface area contributed by atoms with Crippen LogP contribution in [0.25, 0.3) is 0 Å². The molecule has 0 heterocycles. The third kappa shape index (κ3) is 2.30. The third-order valence-corrected chi connectivity index (χ3v) is 3.98. The lowest BCUT2D eigenvalue weighted by Gasteiger charge is -2.41. The van der Waals surface area contributed by atoms with E-state index in [2.05, 4.69) is 0 Å². The molecule has 1 saturated carbocycles. The maximum absolute atomic E-state index is 13.7. The molecular formula is C14H19FN2O2. The first-order valence-corrected chi connectivity index (χ1v) is 6.36. The minimum absolute atomic E-state index is 0.0363. The maximum Gasteiger partial charge on any atom is 0.234 e. The van der Waals surface area contributed by atoms with Crippen LogP contribution in [0.3, 0.4) is 0 Å². The van der Waals surface area contributed by atoms with Crippen LogP contribution in [-0.4, -0.2) is 26.6 Å². The van der Waals surface area contributed by atoms with Crippen LogP contribution in [0, 0.1) is 11.2 Å². The lowest BCUT2D eigenvalue weighted by Crippen LogP contribution is -2.51. The van der Waals surface area contributed by atoms with Crippen LogP contribution < -0.4 is 15.4 Å². The van der Waals surface area contributed by atoms with E-state index in [9.17, 15) is 9.18 Å². The summed E-state index contributed by atoms with van der Waals surface area (Å²) in [5.74, 6) is -0.345. The molecule has 1 aliphatic rings. The number of ether oxygens (including phenoxy) is 1. The van der Waals surface area contributed by atoms with Crippen LogP contribution in [0.15, 0.2) is 18.2 Å². The molecule has 1 aliphatic carbocycles. The number of rotatable bonds is 4. The fraction of sp³-hybridized carbons (Fsp3) is 0.500. The Hall–Kier alpha value is -1.62. The van der Waals surface area contributed by atoms with E-state index < -0.39 is 11.2 Å². The van der Waals surface area contributed by atoms with Crippen molar-refractivity contribution in [2.75, 3.05) is 25.6 Å². The fourth-order valence-corrected chi connectivity index (χ4v) is 2.45. The van der Waals surface area contributed by atoms with E-state index in [1.807, 2.05) is 0 Å². The number of carbonyl (C=O) groups is 1. The summed E-state index contributed by atoms with van der Waals surface area (Å²) in [6, 6.07) is 4.49. The Morgan fingerprint density at radius 3 is 2.63 bits per heavy atom. The number of hydrogen-bond donors (Lipinski definition) is 1. The molecule has 0 atom stereocenters. The molecule has 0 radical (unpaired) electrons. The summed E-state index contributed by atoms with van der Waals surface area (Å²) in [4.78, 5) is 13.9. The Kier molecular flexibility index (Phi) is 3.75. The van der Waals surface area contributed by atoms with Gasteiger partial charge < -0.3 is 15.4 Å². The molecule has 4 nitrogen and oxygen atoms in total. The van der Waals surface area contributed by atoms with Gasteiger partial charge >= 0.3 is 0 Å². The van der Waals surface area contributed by atoms with Gasteiger partial charge in [0.05, 0.1) is 12.5 Å². The summed E-state index contributed by atoms with van der Waals surface area (Å²) in [5.41, 5.74) is 5.78. The van der Waals surface area contributed by atoms with E-state index in [1.165, 1.54) is 24.1 Å². The number of nitrogens with zero attached hydrogens (tertiary/aromatic N) is 1. The molecule has 1 amide bonds. The molecular weight excluding hydrogens is 247 g/mol. The normalized spacial score (nSPS) is 16.6. The van der Waals surface area contributed by atoms with Gasteiger partial charge in [-0.3, -0.25) is 4.79 Å². The Balaban J connectivity index is 2.22. The van der Waals surface area contributed by atoms with Gasteiger partial charge in [0, 0.05) is 25.3 Å². The Bertz CT molecular complexity index is 481. The second-order valence-electron chi connectivity index (χ2n) is 5.02. The minimum atomic E-state index is -0.477. The van der Waals surface area contributed by atoms with Gasteiger partial charge in [-0.2, -0.15) is 0 Å². The molecule has 2 rings (SSSR count). The van der Waals surface area contributed by atoms with Crippen molar-refractivity contribution in [3.63, 3.8) is 0 Å². The van der Waals surface area contributed by atoms with Crippen LogP contribution >= 0.6 is 0 Å². The second-order valence-corrected chi connectivity index (χ2v) is 5.02. The molecule has 0 aromatic heterocycles. The predicted octanol–water partition coefficient (Wildman–Crippen LogP) is 1.93. The molecule has 0 spiro atoms. The van der Waals surface area contributed by atoms with Crippen molar-refractivity contribution in [1.82, 2.24) is 0 Å². The van der Waals surface area contributed by atoms with Gasteiger partial charge in [0.25, 0.3) is 0 Å². The fourth-order valence-electron chi connectivity index (χ4n) is 2.45. The molecule has 0 unspecified atom stereocenters. The first-order chi connectivity index (χ1) is 9.04. The molecule has 5 heteroatoms. The van der Waals surface area contributed by atoms with Crippen molar-refractivity contribution in [2.24, 2.45) is 11.1 Å². The second kappa shape index (κ2) is 5.17.